The topological polar surface area (TPSA) is 110 Å². The number of nitrogens with one attached hydrogen (secondary N) is 1. The summed E-state index contributed by atoms with van der Waals surface area (Å²) in [5.74, 6) is -3.11. The second kappa shape index (κ2) is 9.31. The van der Waals surface area contributed by atoms with Crippen LogP contribution in [0.2, 0.25) is 0 Å². The van der Waals surface area contributed by atoms with Crippen molar-refractivity contribution in [3.8, 4) is 0 Å². The fraction of sp³-hybridized carbons (Fsp3) is 0.121. The van der Waals surface area contributed by atoms with Gasteiger partial charge < -0.3 is 10.2 Å². The van der Waals surface area contributed by atoms with Gasteiger partial charge >= 0.3 is 0 Å². The lowest BCUT2D eigenvalue weighted by molar-refractivity contribution is -0.384. The molecule has 1 fully saturated rings. The number of fused-ring (bicyclic) bond motifs is 6. The van der Waals surface area contributed by atoms with Gasteiger partial charge in [-0.15, -0.1) is 0 Å². The molecule has 3 heterocycles. The van der Waals surface area contributed by atoms with E-state index < -0.39 is 51.6 Å². The molecule has 4 atom stereocenters. The minimum atomic E-state index is -1.53. The normalized spacial score (nSPS) is 23.2. The van der Waals surface area contributed by atoms with E-state index in [1.54, 1.807) is 35.4 Å². The van der Waals surface area contributed by atoms with Crippen molar-refractivity contribution in [3.63, 3.8) is 0 Å². The molecule has 8 nitrogen and oxygen atoms in total. The SMILES string of the molecule is O=C(c1ccc(F)cc1)C1C(C(=O)c2ccc([N+](=O)[O-])cc2)C2(C(=O)Nc3ccccc32)C2c3ccccc3C=CN12. The van der Waals surface area contributed by atoms with E-state index in [1.165, 1.54) is 48.5 Å². The Balaban J connectivity index is 1.51. The first-order valence-corrected chi connectivity index (χ1v) is 13.4. The van der Waals surface area contributed by atoms with Gasteiger partial charge in [0.25, 0.3) is 5.69 Å². The van der Waals surface area contributed by atoms with Crippen LogP contribution in [0.25, 0.3) is 6.08 Å². The van der Waals surface area contributed by atoms with Gasteiger partial charge in [-0.2, -0.15) is 0 Å². The van der Waals surface area contributed by atoms with Crippen molar-refractivity contribution in [3.05, 3.63) is 147 Å². The maximum Gasteiger partial charge on any atom is 0.269 e. The summed E-state index contributed by atoms with van der Waals surface area (Å²) in [6, 6.07) is 23.1. The molecule has 3 aliphatic heterocycles. The van der Waals surface area contributed by atoms with Crippen LogP contribution in [0.4, 0.5) is 15.8 Å². The number of carbonyl (C=O) groups excluding carboxylic acids is 3. The quantitative estimate of drug-likeness (QED) is 0.190. The predicted octanol–water partition coefficient (Wildman–Crippen LogP) is 5.72. The maximum atomic E-state index is 14.7. The second-order valence-corrected chi connectivity index (χ2v) is 10.6. The van der Waals surface area contributed by atoms with Crippen LogP contribution in [-0.4, -0.2) is 33.3 Å². The third-order valence-corrected chi connectivity index (χ3v) is 8.61. The summed E-state index contributed by atoms with van der Waals surface area (Å²) in [5, 5.41) is 14.3. The Morgan fingerprint density at radius 3 is 2.24 bits per heavy atom. The molecule has 1 amide bonds. The average molecular weight is 560 g/mol. The van der Waals surface area contributed by atoms with Gasteiger partial charge in [-0.05, 0) is 65.2 Å². The number of hydrogen-bond donors (Lipinski definition) is 1. The number of benzene rings is 4. The van der Waals surface area contributed by atoms with Gasteiger partial charge in [0.2, 0.25) is 5.91 Å². The molecule has 3 aliphatic rings. The van der Waals surface area contributed by atoms with Crippen molar-refractivity contribution in [2.24, 2.45) is 5.92 Å². The number of nitrogens with zero attached hydrogens (tertiary/aromatic N) is 2. The zero-order valence-corrected chi connectivity index (χ0v) is 21.9. The lowest BCUT2D eigenvalue weighted by Crippen LogP contribution is -2.49. The zero-order chi connectivity index (χ0) is 29.2. The molecule has 9 heteroatoms. The van der Waals surface area contributed by atoms with E-state index in [4.69, 9.17) is 0 Å². The number of ketones is 2. The average Bonchev–Trinajstić information content (AvgIpc) is 3.49. The highest BCUT2D eigenvalue weighted by Gasteiger charge is 2.70. The van der Waals surface area contributed by atoms with Crippen LogP contribution in [0.3, 0.4) is 0 Å². The number of amides is 1. The van der Waals surface area contributed by atoms with E-state index in [1.807, 2.05) is 30.3 Å². The first kappa shape index (κ1) is 25.5. The fourth-order valence-corrected chi connectivity index (χ4v) is 6.88. The number of Topliss-reactive ketones (excluding diaryl/α,β-unsaturated/α-hetero) is 2. The summed E-state index contributed by atoms with van der Waals surface area (Å²) in [4.78, 5) is 56.0. The van der Waals surface area contributed by atoms with Crippen molar-refractivity contribution in [2.75, 3.05) is 5.32 Å². The molecular formula is C33H22FN3O5. The number of nitro benzene ring substituents is 1. The number of hydrogen-bond acceptors (Lipinski definition) is 6. The highest BCUT2D eigenvalue weighted by Crippen LogP contribution is 2.62. The van der Waals surface area contributed by atoms with E-state index in [0.29, 0.717) is 11.3 Å². The first-order valence-electron chi connectivity index (χ1n) is 13.4. The van der Waals surface area contributed by atoms with Gasteiger partial charge in [0.1, 0.15) is 17.3 Å². The van der Waals surface area contributed by atoms with Crippen LogP contribution in [0, 0.1) is 21.8 Å². The molecule has 1 N–H and O–H groups in total. The third-order valence-electron chi connectivity index (χ3n) is 8.61. The minimum absolute atomic E-state index is 0.135. The molecule has 0 aromatic heterocycles. The Labute approximate surface area is 239 Å². The molecule has 4 unspecified atom stereocenters. The number of para-hydroxylation sites is 1. The van der Waals surface area contributed by atoms with Crippen molar-refractivity contribution in [2.45, 2.75) is 17.5 Å². The van der Waals surface area contributed by atoms with Gasteiger partial charge in [-0.1, -0.05) is 42.5 Å². The molecule has 7 rings (SSSR count). The standard InChI is InChI=1S/C33H22FN3O5/c34-22-13-9-21(10-14-22)30(39)28-27(29(38)20-11-15-23(16-12-20)37(41)42)33(25-7-3-4-8-26(25)35-32(33)40)31-24-6-2-1-5-19(24)17-18-36(28)31/h1-18,27-28,31H,(H,35,40). The Morgan fingerprint density at radius 2 is 1.50 bits per heavy atom. The monoisotopic (exact) mass is 559 g/mol. The van der Waals surface area contributed by atoms with Crippen molar-refractivity contribution >= 4 is 34.9 Å². The van der Waals surface area contributed by atoms with Crippen LogP contribution >= 0.6 is 0 Å². The molecule has 0 radical (unpaired) electrons. The van der Waals surface area contributed by atoms with Gasteiger partial charge in [0, 0.05) is 35.1 Å². The Morgan fingerprint density at radius 1 is 0.857 bits per heavy atom. The van der Waals surface area contributed by atoms with Crippen LogP contribution in [0.5, 0.6) is 0 Å². The third kappa shape index (κ3) is 3.49. The molecular weight excluding hydrogens is 537 g/mol. The van der Waals surface area contributed by atoms with Crippen molar-refractivity contribution in [1.82, 2.24) is 4.90 Å². The summed E-state index contributed by atoms with van der Waals surface area (Å²) in [7, 11) is 0. The number of non-ortho nitro benzene ring substituents is 1. The summed E-state index contributed by atoms with van der Waals surface area (Å²) in [6.07, 6.45) is 3.60. The van der Waals surface area contributed by atoms with E-state index in [0.717, 1.165) is 11.1 Å². The van der Waals surface area contributed by atoms with E-state index in [2.05, 4.69) is 5.32 Å². The number of nitro groups is 1. The number of halogens is 1. The van der Waals surface area contributed by atoms with Gasteiger partial charge in [-0.3, -0.25) is 24.5 Å². The van der Waals surface area contributed by atoms with E-state index in [9.17, 15) is 28.9 Å². The summed E-state index contributed by atoms with van der Waals surface area (Å²) < 4.78 is 13.8. The Kier molecular flexibility index (Phi) is 5.65. The molecule has 42 heavy (non-hydrogen) atoms. The van der Waals surface area contributed by atoms with Gasteiger partial charge in [-0.25, -0.2) is 4.39 Å². The molecule has 1 saturated heterocycles. The highest BCUT2D eigenvalue weighted by atomic mass is 19.1. The Bertz CT molecular complexity index is 1840. The van der Waals surface area contributed by atoms with Gasteiger partial charge in [0.05, 0.1) is 16.9 Å². The highest BCUT2D eigenvalue weighted by molar-refractivity contribution is 6.16. The molecule has 4 aromatic carbocycles. The second-order valence-electron chi connectivity index (χ2n) is 10.6. The number of anilines is 1. The lowest BCUT2D eigenvalue weighted by Gasteiger charge is -2.38. The number of carbonyl (C=O) groups is 3. The predicted molar refractivity (Wildman–Crippen MR) is 152 cm³/mol. The smallest absolute Gasteiger partial charge is 0.269 e. The van der Waals surface area contributed by atoms with Crippen LogP contribution < -0.4 is 5.32 Å². The molecule has 1 spiro atoms. The van der Waals surface area contributed by atoms with E-state index >= 15 is 0 Å². The minimum Gasteiger partial charge on any atom is -0.358 e. The summed E-state index contributed by atoms with van der Waals surface area (Å²) in [5.41, 5.74) is 1.38. The Hall–Kier alpha value is -5.44. The van der Waals surface area contributed by atoms with Crippen LogP contribution in [-0.2, 0) is 10.2 Å². The van der Waals surface area contributed by atoms with Gasteiger partial charge in [0.15, 0.2) is 11.6 Å². The van der Waals surface area contributed by atoms with E-state index in [-0.39, 0.29) is 16.8 Å². The molecule has 206 valence electrons. The molecule has 4 aromatic rings. The lowest BCUT2D eigenvalue weighted by atomic mass is 9.62. The first-order chi connectivity index (χ1) is 20.3. The summed E-state index contributed by atoms with van der Waals surface area (Å²) >= 11 is 0. The molecule has 0 aliphatic carbocycles. The van der Waals surface area contributed by atoms with Crippen molar-refractivity contribution < 1.29 is 23.7 Å². The summed E-state index contributed by atoms with van der Waals surface area (Å²) in [6.45, 7) is 0. The van der Waals surface area contributed by atoms with Crippen molar-refractivity contribution in [1.29, 1.82) is 0 Å². The van der Waals surface area contributed by atoms with Crippen LogP contribution in [0.1, 0.15) is 43.4 Å². The molecule has 0 bridgehead atoms. The number of rotatable bonds is 5. The maximum absolute atomic E-state index is 14.7. The largest absolute Gasteiger partial charge is 0.358 e. The molecule has 0 saturated carbocycles. The zero-order valence-electron chi connectivity index (χ0n) is 21.9. The van der Waals surface area contributed by atoms with Crippen LogP contribution in [0.15, 0.2) is 103 Å². The fourth-order valence-electron chi connectivity index (χ4n) is 6.88.